The molecule has 0 aliphatic carbocycles. The monoisotopic (exact) mass is 451 g/mol. The Morgan fingerprint density at radius 2 is 1.91 bits per heavy atom. The first-order chi connectivity index (χ1) is 15.0. The van der Waals surface area contributed by atoms with E-state index in [1.807, 2.05) is 13.8 Å². The summed E-state index contributed by atoms with van der Waals surface area (Å²) in [6.45, 7) is 4.30. The van der Waals surface area contributed by atoms with E-state index in [0.717, 1.165) is 18.5 Å². The number of fused-ring (bicyclic) bond motifs is 1. The van der Waals surface area contributed by atoms with Crippen molar-refractivity contribution < 1.29 is 27.0 Å². The van der Waals surface area contributed by atoms with E-state index in [0.29, 0.717) is 17.9 Å². The number of ether oxygens (including phenoxy) is 2. The molecule has 0 radical (unpaired) electrons. The Balaban J connectivity index is 1.42. The third-order valence-corrected chi connectivity index (χ3v) is 4.50. The average Bonchev–Trinajstić information content (AvgIpc) is 3.02. The van der Waals surface area contributed by atoms with Gasteiger partial charge < -0.3 is 14.8 Å². The minimum Gasteiger partial charge on any atom is -0.473 e. The summed E-state index contributed by atoms with van der Waals surface area (Å²) in [5, 5.41) is 3.20. The summed E-state index contributed by atoms with van der Waals surface area (Å²) in [5.41, 5.74) is -0.317. The molecule has 1 aliphatic rings. The van der Waals surface area contributed by atoms with Crippen molar-refractivity contribution in [2.75, 3.05) is 5.32 Å². The fourth-order valence-electron chi connectivity index (χ4n) is 3.11. The predicted octanol–water partition coefficient (Wildman–Crippen LogP) is 3.77. The van der Waals surface area contributed by atoms with Gasteiger partial charge in [-0.05, 0) is 31.5 Å². The van der Waals surface area contributed by atoms with Crippen LogP contribution >= 0.6 is 0 Å². The third kappa shape index (κ3) is 4.63. The first kappa shape index (κ1) is 21.5. The molecule has 32 heavy (non-hydrogen) atoms. The van der Waals surface area contributed by atoms with Crippen LogP contribution in [0.2, 0.25) is 0 Å². The van der Waals surface area contributed by atoms with Crippen molar-refractivity contribution >= 4 is 5.82 Å². The highest BCUT2D eigenvalue weighted by atomic mass is 19.4. The van der Waals surface area contributed by atoms with Crippen molar-refractivity contribution in [1.82, 2.24) is 19.5 Å². The zero-order chi connectivity index (χ0) is 23.1. The Bertz CT molecular complexity index is 1210. The molecule has 1 N–H and O–H groups in total. The van der Waals surface area contributed by atoms with Gasteiger partial charge in [-0.2, -0.15) is 18.2 Å². The van der Waals surface area contributed by atoms with Gasteiger partial charge in [-0.3, -0.25) is 4.57 Å². The van der Waals surface area contributed by atoms with Crippen molar-refractivity contribution in [2.24, 2.45) is 0 Å². The number of hydrogen-bond donors (Lipinski definition) is 1. The van der Waals surface area contributed by atoms with E-state index in [1.165, 1.54) is 16.7 Å². The maximum absolute atomic E-state index is 14.4. The number of anilines is 1. The molecule has 4 rings (SSSR count). The van der Waals surface area contributed by atoms with E-state index >= 15 is 0 Å². The topological polar surface area (TPSA) is 91.2 Å². The summed E-state index contributed by atoms with van der Waals surface area (Å²) in [5.74, 6) is -1.79. The molecule has 0 saturated carbocycles. The van der Waals surface area contributed by atoms with Crippen LogP contribution in [0.25, 0.3) is 0 Å². The van der Waals surface area contributed by atoms with Crippen molar-refractivity contribution in [3.8, 4) is 17.4 Å². The Hall–Kier alpha value is -3.70. The van der Waals surface area contributed by atoms with Crippen LogP contribution in [0.4, 0.5) is 23.4 Å². The molecule has 0 atom stereocenters. The van der Waals surface area contributed by atoms with Gasteiger partial charge in [-0.15, -0.1) is 0 Å². The second kappa shape index (κ2) is 7.77. The Morgan fingerprint density at radius 1 is 1.19 bits per heavy atom. The quantitative estimate of drug-likeness (QED) is 0.591. The molecular formula is C20H17F4N5O3. The lowest BCUT2D eigenvalue weighted by molar-refractivity contribution is -0.145. The van der Waals surface area contributed by atoms with Crippen LogP contribution in [-0.2, 0) is 19.3 Å². The van der Waals surface area contributed by atoms with Crippen molar-refractivity contribution in [3.63, 3.8) is 0 Å². The van der Waals surface area contributed by atoms with Crippen molar-refractivity contribution in [1.29, 1.82) is 0 Å². The van der Waals surface area contributed by atoms with Crippen LogP contribution in [0.15, 0.2) is 41.5 Å². The first-order valence-corrected chi connectivity index (χ1v) is 9.39. The molecule has 1 aliphatic heterocycles. The molecule has 0 unspecified atom stereocenters. The minimum atomic E-state index is -4.68. The maximum Gasteiger partial charge on any atom is 0.451 e. The number of aromatic nitrogens is 4. The summed E-state index contributed by atoms with van der Waals surface area (Å²) < 4.78 is 64.1. The van der Waals surface area contributed by atoms with E-state index in [1.54, 1.807) is 6.07 Å². The highest BCUT2D eigenvalue weighted by molar-refractivity contribution is 5.45. The third-order valence-electron chi connectivity index (χ3n) is 4.50. The van der Waals surface area contributed by atoms with E-state index in [2.05, 4.69) is 20.3 Å². The molecule has 0 saturated heterocycles. The molecular weight excluding hydrogens is 434 g/mol. The molecule has 0 bridgehead atoms. The van der Waals surface area contributed by atoms with Crippen LogP contribution in [0.3, 0.4) is 0 Å². The van der Waals surface area contributed by atoms with E-state index < -0.39 is 23.5 Å². The second-order valence-corrected chi connectivity index (χ2v) is 7.75. The molecule has 12 heteroatoms. The molecule has 0 fully saturated rings. The highest BCUT2D eigenvalue weighted by Crippen LogP contribution is 2.29. The van der Waals surface area contributed by atoms with Crippen molar-refractivity contribution in [3.05, 3.63) is 64.3 Å². The predicted molar refractivity (Wildman–Crippen MR) is 104 cm³/mol. The lowest BCUT2D eigenvalue weighted by atomic mass is 10.1. The Morgan fingerprint density at radius 3 is 2.56 bits per heavy atom. The Kier molecular flexibility index (Phi) is 5.23. The molecule has 0 spiro atoms. The van der Waals surface area contributed by atoms with Crippen LogP contribution < -0.4 is 20.5 Å². The van der Waals surface area contributed by atoms with Gasteiger partial charge in [-0.25, -0.2) is 19.2 Å². The van der Waals surface area contributed by atoms with Gasteiger partial charge in [0.1, 0.15) is 12.4 Å². The molecule has 0 amide bonds. The fourth-order valence-corrected chi connectivity index (χ4v) is 3.11. The zero-order valence-corrected chi connectivity index (χ0v) is 16.9. The molecule has 168 valence electrons. The van der Waals surface area contributed by atoms with Gasteiger partial charge in [0.2, 0.25) is 11.7 Å². The number of alkyl halides is 3. The van der Waals surface area contributed by atoms with Gasteiger partial charge in [0.25, 0.3) is 0 Å². The van der Waals surface area contributed by atoms with Crippen molar-refractivity contribution in [2.45, 2.75) is 38.7 Å². The highest BCUT2D eigenvalue weighted by Gasteiger charge is 2.34. The van der Waals surface area contributed by atoms with Crippen LogP contribution in [-0.4, -0.2) is 25.1 Å². The number of benzene rings is 1. The standard InChI is InChI=1S/C20H17F4N5O3/c1-19(2)10-29-15(28-19)6-16(27-18(29)30)31-9-11-3-4-14(13(21)5-11)32-12-7-25-17(26-8-12)20(22,23)24/h3-8,28H,9-10H2,1-2H3. The number of hydrogen-bond acceptors (Lipinski definition) is 7. The maximum atomic E-state index is 14.4. The second-order valence-electron chi connectivity index (χ2n) is 7.75. The molecule has 3 aromatic rings. The Labute approximate surface area is 178 Å². The van der Waals surface area contributed by atoms with Gasteiger partial charge in [0.15, 0.2) is 17.3 Å². The van der Waals surface area contributed by atoms with Crippen LogP contribution in [0.1, 0.15) is 25.2 Å². The number of halogens is 4. The van der Waals surface area contributed by atoms with E-state index in [-0.39, 0.29) is 29.5 Å². The molecule has 8 nitrogen and oxygen atoms in total. The fraction of sp³-hybridized carbons (Fsp3) is 0.300. The smallest absolute Gasteiger partial charge is 0.451 e. The average molecular weight is 451 g/mol. The lowest BCUT2D eigenvalue weighted by Gasteiger charge is -2.16. The summed E-state index contributed by atoms with van der Waals surface area (Å²) >= 11 is 0. The van der Waals surface area contributed by atoms with Crippen LogP contribution in [0.5, 0.6) is 17.4 Å². The summed E-state index contributed by atoms with van der Waals surface area (Å²) in [6, 6.07) is 5.53. The number of nitrogens with zero attached hydrogens (tertiary/aromatic N) is 4. The summed E-state index contributed by atoms with van der Waals surface area (Å²) in [7, 11) is 0. The van der Waals surface area contributed by atoms with Gasteiger partial charge >= 0.3 is 11.9 Å². The lowest BCUT2D eigenvalue weighted by Crippen LogP contribution is -2.30. The normalized spacial score (nSPS) is 14.6. The SMILES string of the molecule is CC1(C)Cn2c(cc(OCc3ccc(Oc4cnc(C(F)(F)F)nc4)c(F)c3)nc2=O)N1. The van der Waals surface area contributed by atoms with Gasteiger partial charge in [0, 0.05) is 6.07 Å². The van der Waals surface area contributed by atoms with Gasteiger partial charge in [0.05, 0.1) is 24.5 Å². The number of nitrogens with one attached hydrogen (secondary N) is 1. The van der Waals surface area contributed by atoms with Gasteiger partial charge in [-0.1, -0.05) is 6.07 Å². The molecule has 3 heterocycles. The summed E-state index contributed by atoms with van der Waals surface area (Å²) in [6.07, 6.45) is -3.07. The minimum absolute atomic E-state index is 0.0696. The number of rotatable bonds is 5. The molecule has 2 aromatic heterocycles. The zero-order valence-electron chi connectivity index (χ0n) is 16.9. The van der Waals surface area contributed by atoms with Crippen LogP contribution in [0, 0.1) is 5.82 Å². The van der Waals surface area contributed by atoms with E-state index in [4.69, 9.17) is 9.47 Å². The first-order valence-electron chi connectivity index (χ1n) is 9.39. The van der Waals surface area contributed by atoms with E-state index in [9.17, 15) is 22.4 Å². The largest absolute Gasteiger partial charge is 0.473 e. The molecule has 1 aromatic carbocycles. The summed E-state index contributed by atoms with van der Waals surface area (Å²) in [4.78, 5) is 22.3.